The van der Waals surface area contributed by atoms with Crippen LogP contribution >= 0.6 is 0 Å². The van der Waals surface area contributed by atoms with Gasteiger partial charge in [0.1, 0.15) is 6.54 Å². The van der Waals surface area contributed by atoms with Crippen molar-refractivity contribution in [1.82, 2.24) is 9.44 Å². The highest BCUT2D eigenvalue weighted by Gasteiger charge is 2.32. The molecule has 3 N–H and O–H groups in total. The number of hydrogen-bond donors (Lipinski definition) is 3. The molecule has 1 fully saturated rings. The molecule has 0 aromatic heterocycles. The highest BCUT2D eigenvalue weighted by atomic mass is 32.2. The molecule has 0 spiro atoms. The van der Waals surface area contributed by atoms with Gasteiger partial charge in [-0.1, -0.05) is 12.8 Å². The van der Waals surface area contributed by atoms with E-state index in [0.29, 0.717) is 12.8 Å². The Morgan fingerprint density at radius 2 is 1.82 bits per heavy atom. The maximum absolute atomic E-state index is 11.8. The molecular formula is C8H15F3N2O3S. The molecule has 0 amide bonds. The molecule has 1 aliphatic carbocycles. The highest BCUT2D eigenvalue weighted by molar-refractivity contribution is 7.87. The monoisotopic (exact) mass is 276 g/mol. The van der Waals surface area contributed by atoms with Gasteiger partial charge in [0.25, 0.3) is 10.2 Å². The molecule has 1 rings (SSSR count). The molecule has 0 aromatic rings. The van der Waals surface area contributed by atoms with Crippen molar-refractivity contribution in [3.63, 3.8) is 0 Å². The van der Waals surface area contributed by atoms with Crippen LogP contribution in [0.4, 0.5) is 13.2 Å². The van der Waals surface area contributed by atoms with Gasteiger partial charge in [0.05, 0.1) is 6.10 Å². The Labute approximate surface area is 97.6 Å². The van der Waals surface area contributed by atoms with Crippen molar-refractivity contribution >= 4 is 10.2 Å². The minimum Gasteiger partial charge on any atom is -0.391 e. The number of halogens is 3. The zero-order chi connectivity index (χ0) is 13.1. The summed E-state index contributed by atoms with van der Waals surface area (Å²) in [5, 5.41) is 9.48. The van der Waals surface area contributed by atoms with E-state index in [2.05, 4.69) is 0 Å². The molecule has 0 radical (unpaired) electrons. The third-order valence-corrected chi connectivity index (χ3v) is 3.64. The molecule has 2 atom stereocenters. The maximum atomic E-state index is 11.8. The summed E-state index contributed by atoms with van der Waals surface area (Å²) < 4.78 is 61.4. The van der Waals surface area contributed by atoms with Gasteiger partial charge in [-0.25, -0.2) is 0 Å². The minimum atomic E-state index is -4.60. The largest absolute Gasteiger partial charge is 0.402 e. The second-order valence-corrected chi connectivity index (χ2v) is 5.55. The summed E-state index contributed by atoms with van der Waals surface area (Å²) in [6.45, 7) is -1.62. The lowest BCUT2D eigenvalue weighted by atomic mass is 9.93. The first kappa shape index (κ1) is 14.7. The van der Waals surface area contributed by atoms with Crippen LogP contribution in [0, 0.1) is 0 Å². The van der Waals surface area contributed by atoms with Gasteiger partial charge in [-0.3, -0.25) is 0 Å². The number of aliphatic hydroxyl groups excluding tert-OH is 1. The van der Waals surface area contributed by atoms with Crippen LogP contribution in [-0.2, 0) is 10.2 Å². The van der Waals surface area contributed by atoms with Gasteiger partial charge in [-0.2, -0.15) is 31.0 Å². The van der Waals surface area contributed by atoms with Crippen LogP contribution in [0.5, 0.6) is 0 Å². The summed E-state index contributed by atoms with van der Waals surface area (Å²) in [5.74, 6) is 0. The summed E-state index contributed by atoms with van der Waals surface area (Å²) in [4.78, 5) is 0. The molecule has 0 saturated heterocycles. The van der Waals surface area contributed by atoms with Crippen LogP contribution < -0.4 is 9.44 Å². The Hall–Kier alpha value is -0.380. The van der Waals surface area contributed by atoms with Gasteiger partial charge < -0.3 is 5.11 Å². The molecule has 17 heavy (non-hydrogen) atoms. The first-order valence-electron chi connectivity index (χ1n) is 5.21. The molecular weight excluding hydrogens is 261 g/mol. The first-order chi connectivity index (χ1) is 7.70. The minimum absolute atomic E-state index is 0.425. The molecule has 9 heteroatoms. The lowest BCUT2D eigenvalue weighted by Gasteiger charge is -2.28. The van der Waals surface area contributed by atoms with E-state index in [-0.39, 0.29) is 0 Å². The van der Waals surface area contributed by atoms with E-state index in [1.807, 2.05) is 4.72 Å². The van der Waals surface area contributed by atoms with E-state index in [9.17, 15) is 26.7 Å². The van der Waals surface area contributed by atoms with E-state index in [1.54, 1.807) is 0 Å². The van der Waals surface area contributed by atoms with Gasteiger partial charge in [0.2, 0.25) is 0 Å². The summed E-state index contributed by atoms with van der Waals surface area (Å²) in [5.41, 5.74) is 0. The summed E-state index contributed by atoms with van der Waals surface area (Å²) in [6.07, 6.45) is -3.04. The predicted octanol–water partition coefficient (Wildman–Crippen LogP) is 0.276. The van der Waals surface area contributed by atoms with Crippen molar-refractivity contribution in [3.8, 4) is 0 Å². The standard InChI is InChI=1S/C8H15F3N2O3S/c9-8(10,11)5-12-17(15,16)13-6-3-1-2-4-7(6)14/h6-7,12-14H,1-5H2. The fourth-order valence-electron chi connectivity index (χ4n) is 1.67. The third kappa shape index (κ3) is 5.66. The van der Waals surface area contributed by atoms with E-state index >= 15 is 0 Å². The number of alkyl halides is 3. The van der Waals surface area contributed by atoms with Gasteiger partial charge in [0, 0.05) is 6.04 Å². The third-order valence-electron chi connectivity index (χ3n) is 2.50. The lowest BCUT2D eigenvalue weighted by molar-refractivity contribution is -0.121. The molecule has 0 aliphatic heterocycles. The van der Waals surface area contributed by atoms with Crippen LogP contribution in [0.1, 0.15) is 25.7 Å². The average molecular weight is 276 g/mol. The Morgan fingerprint density at radius 1 is 1.24 bits per heavy atom. The van der Waals surface area contributed by atoms with E-state index in [4.69, 9.17) is 0 Å². The number of nitrogens with one attached hydrogen (secondary N) is 2. The lowest BCUT2D eigenvalue weighted by Crippen LogP contribution is -2.50. The van der Waals surface area contributed by atoms with Crippen molar-refractivity contribution in [1.29, 1.82) is 0 Å². The van der Waals surface area contributed by atoms with Crippen LogP contribution in [0.25, 0.3) is 0 Å². The quantitative estimate of drug-likeness (QED) is 0.690. The van der Waals surface area contributed by atoms with Gasteiger partial charge in [-0.05, 0) is 12.8 Å². The Kier molecular flexibility index (Phi) is 4.76. The molecule has 102 valence electrons. The number of hydrogen-bond acceptors (Lipinski definition) is 3. The Balaban J connectivity index is 2.48. The summed E-state index contributed by atoms with van der Waals surface area (Å²) in [6, 6.07) is -0.713. The van der Waals surface area contributed by atoms with Crippen molar-refractivity contribution in [2.75, 3.05) is 6.54 Å². The Bertz CT molecular complexity index is 344. The Morgan fingerprint density at radius 3 is 2.35 bits per heavy atom. The molecule has 1 aliphatic rings. The van der Waals surface area contributed by atoms with Crippen LogP contribution in [0.3, 0.4) is 0 Å². The van der Waals surface area contributed by atoms with Crippen molar-refractivity contribution in [2.45, 2.75) is 44.0 Å². The molecule has 0 heterocycles. The summed E-state index contributed by atoms with van der Waals surface area (Å²) >= 11 is 0. The SMILES string of the molecule is O=S(=O)(NCC(F)(F)F)NC1CCCCC1O. The fourth-order valence-corrected chi connectivity index (χ4v) is 2.78. The second kappa shape index (κ2) is 5.51. The average Bonchev–Trinajstić information content (AvgIpc) is 2.18. The predicted molar refractivity (Wildman–Crippen MR) is 54.4 cm³/mol. The topological polar surface area (TPSA) is 78.4 Å². The van der Waals surface area contributed by atoms with Gasteiger partial charge in [-0.15, -0.1) is 0 Å². The normalized spacial score (nSPS) is 27.1. The fraction of sp³-hybridized carbons (Fsp3) is 1.00. The maximum Gasteiger partial charge on any atom is 0.402 e. The number of rotatable bonds is 4. The zero-order valence-electron chi connectivity index (χ0n) is 9.00. The summed E-state index contributed by atoms with van der Waals surface area (Å²) in [7, 11) is -4.23. The molecule has 0 bridgehead atoms. The smallest absolute Gasteiger partial charge is 0.391 e. The highest BCUT2D eigenvalue weighted by Crippen LogP contribution is 2.19. The van der Waals surface area contributed by atoms with Crippen LogP contribution in [0.15, 0.2) is 0 Å². The van der Waals surface area contributed by atoms with Crippen molar-refractivity contribution in [2.24, 2.45) is 0 Å². The van der Waals surface area contributed by atoms with Gasteiger partial charge >= 0.3 is 6.18 Å². The van der Waals surface area contributed by atoms with Crippen molar-refractivity contribution in [3.05, 3.63) is 0 Å². The van der Waals surface area contributed by atoms with Crippen molar-refractivity contribution < 1.29 is 26.7 Å². The molecule has 2 unspecified atom stereocenters. The van der Waals surface area contributed by atoms with Gasteiger partial charge in [0.15, 0.2) is 0 Å². The first-order valence-corrected chi connectivity index (χ1v) is 6.70. The van der Waals surface area contributed by atoms with Crippen LogP contribution in [0.2, 0.25) is 0 Å². The van der Waals surface area contributed by atoms with E-state index in [0.717, 1.165) is 12.8 Å². The molecule has 1 saturated carbocycles. The van der Waals surface area contributed by atoms with E-state index in [1.165, 1.54) is 4.72 Å². The number of aliphatic hydroxyl groups is 1. The van der Waals surface area contributed by atoms with E-state index < -0.39 is 35.1 Å². The zero-order valence-corrected chi connectivity index (χ0v) is 9.81. The molecule has 5 nitrogen and oxygen atoms in total. The van der Waals surface area contributed by atoms with Crippen LogP contribution in [-0.4, -0.2) is 38.4 Å². The second-order valence-electron chi connectivity index (χ2n) is 4.02. The molecule has 0 aromatic carbocycles.